The van der Waals surface area contributed by atoms with E-state index in [-0.39, 0.29) is 23.8 Å². The minimum Gasteiger partial charge on any atom is -0.488 e. The van der Waals surface area contributed by atoms with Crippen LogP contribution in [0.4, 0.5) is 13.2 Å². The van der Waals surface area contributed by atoms with E-state index in [1.54, 1.807) is 47.2 Å². The average Bonchev–Trinajstić information content (AvgIpc) is 2.78. The number of benzene rings is 2. The van der Waals surface area contributed by atoms with Gasteiger partial charge in [-0.15, -0.1) is 0 Å². The van der Waals surface area contributed by atoms with Crippen LogP contribution in [0.2, 0.25) is 0 Å². The Morgan fingerprint density at radius 1 is 1.00 bits per heavy atom. The molecule has 4 nitrogen and oxygen atoms in total. The topological polar surface area (TPSA) is 51.5 Å². The van der Waals surface area contributed by atoms with Crippen LogP contribution in [0, 0.1) is 0 Å². The van der Waals surface area contributed by atoms with Crippen molar-refractivity contribution in [3.05, 3.63) is 88.3 Å². The summed E-state index contributed by atoms with van der Waals surface area (Å²) in [6.07, 6.45) is 0.00343. The molecule has 0 aliphatic heterocycles. The van der Waals surface area contributed by atoms with E-state index in [4.69, 9.17) is 4.74 Å². The van der Waals surface area contributed by atoms with E-state index < -0.39 is 17.8 Å². The van der Waals surface area contributed by atoms with Crippen molar-refractivity contribution in [2.45, 2.75) is 50.6 Å². The predicted molar refractivity (Wildman–Crippen MR) is 115 cm³/mol. The van der Waals surface area contributed by atoms with Crippen LogP contribution in [-0.4, -0.2) is 15.8 Å². The summed E-state index contributed by atoms with van der Waals surface area (Å²) < 4.78 is 47.1. The van der Waals surface area contributed by atoms with Crippen molar-refractivity contribution in [2.75, 3.05) is 0 Å². The Morgan fingerprint density at radius 3 is 2.47 bits per heavy atom. The lowest BCUT2D eigenvalue weighted by molar-refractivity contribution is -0.138. The van der Waals surface area contributed by atoms with E-state index in [2.05, 4.69) is 0 Å². The molecule has 1 aromatic heterocycles. The Labute approximate surface area is 183 Å². The van der Waals surface area contributed by atoms with Gasteiger partial charge in [0.2, 0.25) is 0 Å². The minimum absolute atomic E-state index is 0.0384. The molecule has 1 heterocycles. The van der Waals surface area contributed by atoms with Gasteiger partial charge in [0.25, 0.3) is 5.56 Å². The largest absolute Gasteiger partial charge is 0.488 e. The van der Waals surface area contributed by atoms with Crippen LogP contribution in [-0.2, 0) is 12.8 Å². The van der Waals surface area contributed by atoms with Crippen molar-refractivity contribution < 1.29 is 23.0 Å². The summed E-state index contributed by atoms with van der Waals surface area (Å²) in [6, 6.07) is 15.3. The molecule has 1 fully saturated rings. The second-order valence-corrected chi connectivity index (χ2v) is 8.02. The van der Waals surface area contributed by atoms with E-state index in [0.29, 0.717) is 23.3 Å². The molecule has 0 amide bonds. The first-order valence-electron chi connectivity index (χ1n) is 10.6. The smallest absolute Gasteiger partial charge is 0.416 e. The lowest BCUT2D eigenvalue weighted by Gasteiger charge is -2.29. The summed E-state index contributed by atoms with van der Waals surface area (Å²) >= 11 is 0. The van der Waals surface area contributed by atoms with Gasteiger partial charge in [0.15, 0.2) is 0 Å². The number of nitrogens with zero attached hydrogens (tertiary/aromatic N) is 1. The second kappa shape index (κ2) is 9.20. The molecule has 0 spiro atoms. The van der Waals surface area contributed by atoms with E-state index in [1.165, 1.54) is 18.2 Å². The molecule has 1 saturated carbocycles. The van der Waals surface area contributed by atoms with Crippen LogP contribution in [0.1, 0.15) is 42.9 Å². The number of aromatic nitrogens is 1. The summed E-state index contributed by atoms with van der Waals surface area (Å²) in [5, 5.41) is 10.3. The number of rotatable bonds is 5. The number of hydrogen-bond acceptors (Lipinski definition) is 3. The Balaban J connectivity index is 1.60. The molecule has 32 heavy (non-hydrogen) atoms. The third-order valence-electron chi connectivity index (χ3n) is 5.90. The molecule has 1 aliphatic carbocycles. The summed E-state index contributed by atoms with van der Waals surface area (Å²) in [6.45, 7) is -0.252. The lowest BCUT2D eigenvalue weighted by Crippen LogP contribution is -2.34. The van der Waals surface area contributed by atoms with Crippen LogP contribution >= 0.6 is 0 Å². The first-order chi connectivity index (χ1) is 15.3. The SMILES string of the molecule is O=c1cc(-c2ccccc2OCc2ccccc2C(F)(F)F)ccn1C1CCCCC1O. The van der Waals surface area contributed by atoms with Gasteiger partial charge in [-0.05, 0) is 36.6 Å². The molecule has 4 rings (SSSR count). The highest BCUT2D eigenvalue weighted by Gasteiger charge is 2.33. The minimum atomic E-state index is -4.46. The Morgan fingerprint density at radius 2 is 1.72 bits per heavy atom. The number of hydrogen-bond donors (Lipinski definition) is 1. The number of alkyl halides is 3. The molecule has 0 radical (unpaired) electrons. The summed E-state index contributed by atoms with van der Waals surface area (Å²) in [7, 11) is 0. The first kappa shape index (κ1) is 22.1. The molecule has 1 aliphatic rings. The lowest BCUT2D eigenvalue weighted by atomic mass is 9.92. The van der Waals surface area contributed by atoms with Gasteiger partial charge in [-0.2, -0.15) is 13.2 Å². The molecule has 1 N–H and O–H groups in total. The number of aliphatic hydroxyl groups is 1. The number of pyridine rings is 1. The van der Waals surface area contributed by atoms with Crippen molar-refractivity contribution in [2.24, 2.45) is 0 Å². The normalized spacial score (nSPS) is 19.0. The van der Waals surface area contributed by atoms with Gasteiger partial charge < -0.3 is 14.4 Å². The molecule has 7 heteroatoms. The van der Waals surface area contributed by atoms with E-state index in [1.807, 2.05) is 0 Å². The Kier molecular flexibility index (Phi) is 6.37. The predicted octanol–water partition coefficient (Wildman–Crippen LogP) is 5.59. The van der Waals surface area contributed by atoms with Crippen molar-refractivity contribution in [3.8, 4) is 16.9 Å². The van der Waals surface area contributed by atoms with E-state index >= 15 is 0 Å². The van der Waals surface area contributed by atoms with Crippen molar-refractivity contribution in [1.82, 2.24) is 4.57 Å². The van der Waals surface area contributed by atoms with Crippen molar-refractivity contribution in [3.63, 3.8) is 0 Å². The van der Waals surface area contributed by atoms with Crippen LogP contribution in [0.15, 0.2) is 71.7 Å². The fourth-order valence-corrected chi connectivity index (χ4v) is 4.26. The third kappa shape index (κ3) is 4.72. The van der Waals surface area contributed by atoms with Gasteiger partial charge in [0.1, 0.15) is 12.4 Å². The van der Waals surface area contributed by atoms with E-state index in [9.17, 15) is 23.1 Å². The highest BCUT2D eigenvalue weighted by Crippen LogP contribution is 2.34. The van der Waals surface area contributed by atoms with Gasteiger partial charge >= 0.3 is 6.18 Å². The maximum atomic E-state index is 13.3. The molecule has 3 aromatic rings. The van der Waals surface area contributed by atoms with E-state index in [0.717, 1.165) is 25.3 Å². The maximum absolute atomic E-state index is 13.3. The van der Waals surface area contributed by atoms with Gasteiger partial charge in [-0.1, -0.05) is 49.2 Å². The summed E-state index contributed by atoms with van der Waals surface area (Å²) in [5.74, 6) is 0.388. The van der Waals surface area contributed by atoms with Crippen LogP contribution in [0.5, 0.6) is 5.75 Å². The first-order valence-corrected chi connectivity index (χ1v) is 10.6. The average molecular weight is 443 g/mol. The summed E-state index contributed by atoms with van der Waals surface area (Å²) in [4.78, 5) is 12.8. The van der Waals surface area contributed by atoms with Crippen LogP contribution < -0.4 is 10.3 Å². The van der Waals surface area contributed by atoms with Gasteiger partial charge in [0, 0.05) is 23.4 Å². The second-order valence-electron chi connectivity index (χ2n) is 8.02. The monoisotopic (exact) mass is 443 g/mol. The summed E-state index contributed by atoms with van der Waals surface area (Å²) in [5.41, 5.74) is 0.301. The Bertz CT molecular complexity index is 1140. The fourth-order valence-electron chi connectivity index (χ4n) is 4.26. The molecule has 2 unspecified atom stereocenters. The highest BCUT2D eigenvalue weighted by molar-refractivity contribution is 5.69. The molecule has 0 bridgehead atoms. The van der Waals surface area contributed by atoms with Gasteiger partial charge in [0.05, 0.1) is 17.7 Å². The number of para-hydroxylation sites is 1. The highest BCUT2D eigenvalue weighted by atomic mass is 19.4. The molecule has 168 valence electrons. The zero-order chi connectivity index (χ0) is 22.7. The molecular formula is C25H24F3NO3. The zero-order valence-corrected chi connectivity index (χ0v) is 17.4. The van der Waals surface area contributed by atoms with Gasteiger partial charge in [-0.3, -0.25) is 4.79 Å². The third-order valence-corrected chi connectivity index (χ3v) is 5.90. The Hall–Kier alpha value is -3.06. The van der Waals surface area contributed by atoms with Crippen molar-refractivity contribution in [1.29, 1.82) is 0 Å². The quantitative estimate of drug-likeness (QED) is 0.559. The maximum Gasteiger partial charge on any atom is 0.416 e. The van der Waals surface area contributed by atoms with Crippen molar-refractivity contribution >= 4 is 0 Å². The van der Waals surface area contributed by atoms with Crippen LogP contribution in [0.25, 0.3) is 11.1 Å². The van der Waals surface area contributed by atoms with Crippen LogP contribution in [0.3, 0.4) is 0 Å². The molecule has 2 aromatic carbocycles. The molecule has 0 saturated heterocycles. The standard InChI is InChI=1S/C25H24F3NO3/c26-25(27,28)20-9-3-1-7-18(20)16-32-23-12-6-2-8-19(23)17-13-14-29(24(31)15-17)21-10-4-5-11-22(21)30/h1-3,6-9,12-15,21-22,30H,4-5,10-11,16H2. The number of halogens is 3. The van der Waals surface area contributed by atoms with Gasteiger partial charge in [-0.25, -0.2) is 0 Å². The number of ether oxygens (including phenoxy) is 1. The molecule has 2 atom stereocenters. The zero-order valence-electron chi connectivity index (χ0n) is 17.4. The fraction of sp³-hybridized carbons (Fsp3) is 0.320. The number of aliphatic hydroxyl groups excluding tert-OH is 1. The molecular weight excluding hydrogens is 419 g/mol.